The van der Waals surface area contributed by atoms with Gasteiger partial charge >= 0.3 is 0 Å². The average molecular weight is 367 g/mol. The van der Waals surface area contributed by atoms with Gasteiger partial charge in [0.15, 0.2) is 0 Å². The molecule has 2 amide bonds. The highest BCUT2D eigenvalue weighted by Gasteiger charge is 2.18. The molecule has 2 aromatic carbocycles. The predicted octanol–water partition coefficient (Wildman–Crippen LogP) is 2.83. The Morgan fingerprint density at radius 3 is 2.59 bits per heavy atom. The maximum atomic E-state index is 12.6. The van der Waals surface area contributed by atoms with Crippen LogP contribution in [0.4, 0.5) is 11.4 Å². The first kappa shape index (κ1) is 18.9. The Morgan fingerprint density at radius 2 is 1.85 bits per heavy atom. The molecule has 2 aromatic rings. The quantitative estimate of drug-likeness (QED) is 0.853. The highest BCUT2D eigenvalue weighted by atomic mass is 16.5. The fraction of sp³-hybridized carbons (Fsp3) is 0.333. The van der Waals surface area contributed by atoms with E-state index in [0.717, 1.165) is 22.5 Å². The maximum absolute atomic E-state index is 12.6. The minimum absolute atomic E-state index is 0.0123. The van der Waals surface area contributed by atoms with Gasteiger partial charge in [0, 0.05) is 30.0 Å². The molecule has 0 spiro atoms. The van der Waals surface area contributed by atoms with Gasteiger partial charge in [-0.05, 0) is 43.7 Å². The van der Waals surface area contributed by atoms with Crippen molar-refractivity contribution in [2.45, 2.75) is 13.8 Å². The summed E-state index contributed by atoms with van der Waals surface area (Å²) in [5.41, 5.74) is 4.34. The van der Waals surface area contributed by atoms with Gasteiger partial charge in [-0.1, -0.05) is 23.8 Å². The maximum Gasteiger partial charge on any atom is 0.254 e. The van der Waals surface area contributed by atoms with Crippen LogP contribution in [-0.2, 0) is 9.53 Å². The number of aryl methyl sites for hydroxylation is 2. The van der Waals surface area contributed by atoms with Crippen LogP contribution in [0.1, 0.15) is 21.5 Å². The Hall–Kier alpha value is -2.86. The summed E-state index contributed by atoms with van der Waals surface area (Å²) >= 11 is 0. The van der Waals surface area contributed by atoms with E-state index in [2.05, 4.69) is 10.6 Å². The van der Waals surface area contributed by atoms with Crippen molar-refractivity contribution >= 4 is 23.2 Å². The molecule has 0 saturated carbocycles. The van der Waals surface area contributed by atoms with Crippen LogP contribution in [0.25, 0.3) is 0 Å². The van der Waals surface area contributed by atoms with Gasteiger partial charge in [0.2, 0.25) is 5.91 Å². The third kappa shape index (κ3) is 5.08. The number of morpholine rings is 1. The predicted molar refractivity (Wildman–Crippen MR) is 106 cm³/mol. The molecule has 0 unspecified atom stereocenters. The van der Waals surface area contributed by atoms with Gasteiger partial charge in [-0.15, -0.1) is 0 Å². The van der Waals surface area contributed by atoms with Crippen LogP contribution in [-0.4, -0.2) is 49.6 Å². The van der Waals surface area contributed by atoms with Gasteiger partial charge in [0.25, 0.3) is 5.91 Å². The van der Waals surface area contributed by atoms with Gasteiger partial charge in [0.1, 0.15) is 0 Å². The summed E-state index contributed by atoms with van der Waals surface area (Å²) in [4.78, 5) is 26.6. The lowest BCUT2D eigenvalue weighted by atomic mass is 10.1. The second kappa shape index (κ2) is 8.68. The van der Waals surface area contributed by atoms with Crippen LogP contribution in [0, 0.1) is 13.8 Å². The van der Waals surface area contributed by atoms with E-state index in [0.29, 0.717) is 31.9 Å². The molecule has 1 saturated heterocycles. The van der Waals surface area contributed by atoms with E-state index in [1.165, 1.54) is 0 Å². The summed E-state index contributed by atoms with van der Waals surface area (Å²) in [5.74, 6) is -0.145. The van der Waals surface area contributed by atoms with Crippen molar-refractivity contribution in [3.8, 4) is 0 Å². The molecule has 1 fully saturated rings. The van der Waals surface area contributed by atoms with Crippen molar-refractivity contribution in [1.82, 2.24) is 4.90 Å². The Kier molecular flexibility index (Phi) is 6.08. The Labute approximate surface area is 159 Å². The average Bonchev–Trinajstić information content (AvgIpc) is 2.69. The number of anilines is 2. The molecule has 3 rings (SSSR count). The van der Waals surface area contributed by atoms with Crippen molar-refractivity contribution in [2.75, 3.05) is 43.5 Å². The minimum Gasteiger partial charge on any atom is -0.378 e. The number of hydrogen-bond donors (Lipinski definition) is 2. The topological polar surface area (TPSA) is 70.7 Å². The van der Waals surface area contributed by atoms with Crippen molar-refractivity contribution in [3.05, 3.63) is 59.2 Å². The highest BCUT2D eigenvalue weighted by molar-refractivity contribution is 5.96. The van der Waals surface area contributed by atoms with Gasteiger partial charge in [0.05, 0.1) is 19.8 Å². The molecule has 1 aliphatic heterocycles. The van der Waals surface area contributed by atoms with Crippen molar-refractivity contribution in [2.24, 2.45) is 0 Å². The normalized spacial score (nSPS) is 13.9. The number of benzene rings is 2. The van der Waals surface area contributed by atoms with Gasteiger partial charge in [-0.2, -0.15) is 0 Å². The lowest BCUT2D eigenvalue weighted by molar-refractivity contribution is -0.114. The van der Waals surface area contributed by atoms with Gasteiger partial charge < -0.3 is 20.3 Å². The molecule has 27 heavy (non-hydrogen) atoms. The lowest BCUT2D eigenvalue weighted by Crippen LogP contribution is -2.40. The number of amides is 2. The smallest absolute Gasteiger partial charge is 0.254 e. The molecular weight excluding hydrogens is 342 g/mol. The molecule has 6 heteroatoms. The van der Waals surface area contributed by atoms with Crippen LogP contribution in [0.2, 0.25) is 0 Å². The summed E-state index contributed by atoms with van der Waals surface area (Å²) in [6.07, 6.45) is 0. The van der Waals surface area contributed by atoms with Crippen LogP contribution < -0.4 is 10.6 Å². The molecule has 6 nitrogen and oxygen atoms in total. The number of rotatable bonds is 5. The second-order valence-electron chi connectivity index (χ2n) is 6.71. The molecule has 2 N–H and O–H groups in total. The molecule has 1 heterocycles. The van der Waals surface area contributed by atoms with E-state index in [4.69, 9.17) is 4.74 Å². The van der Waals surface area contributed by atoms with E-state index < -0.39 is 0 Å². The SMILES string of the molecule is Cc1ccc(NC(=O)CNc2cccc(C(=O)N3CCOCC3)c2)c(C)c1. The molecule has 0 aliphatic carbocycles. The van der Waals surface area contributed by atoms with Crippen molar-refractivity contribution < 1.29 is 14.3 Å². The molecule has 1 aliphatic rings. The van der Waals surface area contributed by atoms with Gasteiger partial charge in [-0.3, -0.25) is 9.59 Å². The molecule has 0 atom stereocenters. The monoisotopic (exact) mass is 367 g/mol. The van der Waals surface area contributed by atoms with Crippen molar-refractivity contribution in [1.29, 1.82) is 0 Å². The van der Waals surface area contributed by atoms with Crippen LogP contribution in [0.3, 0.4) is 0 Å². The number of carbonyl (C=O) groups is 2. The fourth-order valence-corrected chi connectivity index (χ4v) is 3.04. The second-order valence-corrected chi connectivity index (χ2v) is 6.71. The first-order valence-electron chi connectivity index (χ1n) is 9.11. The number of nitrogens with zero attached hydrogens (tertiary/aromatic N) is 1. The standard InChI is InChI=1S/C21H25N3O3/c1-15-6-7-19(16(2)12-15)23-20(25)14-22-18-5-3-4-17(13-18)21(26)24-8-10-27-11-9-24/h3-7,12-13,22H,8-11,14H2,1-2H3,(H,23,25). The van der Waals surface area contributed by atoms with Crippen LogP contribution >= 0.6 is 0 Å². The number of ether oxygens (including phenoxy) is 1. The van der Waals surface area contributed by atoms with E-state index in [9.17, 15) is 9.59 Å². The number of carbonyl (C=O) groups excluding carboxylic acids is 2. The zero-order valence-corrected chi connectivity index (χ0v) is 15.7. The molecule has 0 radical (unpaired) electrons. The van der Waals surface area contributed by atoms with Crippen LogP contribution in [0.15, 0.2) is 42.5 Å². The lowest BCUT2D eigenvalue weighted by Gasteiger charge is -2.27. The fourth-order valence-electron chi connectivity index (χ4n) is 3.04. The van der Waals surface area contributed by atoms with Crippen LogP contribution in [0.5, 0.6) is 0 Å². The van der Waals surface area contributed by atoms with Gasteiger partial charge in [-0.25, -0.2) is 0 Å². The Morgan fingerprint density at radius 1 is 1.07 bits per heavy atom. The first-order chi connectivity index (χ1) is 13.0. The summed E-state index contributed by atoms with van der Waals surface area (Å²) in [5, 5.41) is 5.99. The molecule has 0 aromatic heterocycles. The van der Waals surface area contributed by atoms with E-state index in [-0.39, 0.29) is 18.4 Å². The zero-order chi connectivity index (χ0) is 19.2. The molecule has 142 valence electrons. The van der Waals surface area contributed by atoms with E-state index in [1.807, 2.05) is 44.2 Å². The Bertz CT molecular complexity index is 829. The number of nitrogens with one attached hydrogen (secondary N) is 2. The van der Waals surface area contributed by atoms with E-state index >= 15 is 0 Å². The summed E-state index contributed by atoms with van der Waals surface area (Å²) < 4.78 is 5.29. The Balaban J connectivity index is 1.57. The summed E-state index contributed by atoms with van der Waals surface area (Å²) in [6, 6.07) is 13.1. The zero-order valence-electron chi connectivity index (χ0n) is 15.7. The summed E-state index contributed by atoms with van der Waals surface area (Å²) in [6.45, 7) is 6.47. The minimum atomic E-state index is -0.133. The number of hydrogen-bond acceptors (Lipinski definition) is 4. The third-order valence-corrected chi connectivity index (χ3v) is 4.52. The highest BCUT2D eigenvalue weighted by Crippen LogP contribution is 2.16. The largest absolute Gasteiger partial charge is 0.378 e. The summed E-state index contributed by atoms with van der Waals surface area (Å²) in [7, 11) is 0. The third-order valence-electron chi connectivity index (χ3n) is 4.52. The molecular formula is C21H25N3O3. The van der Waals surface area contributed by atoms with E-state index in [1.54, 1.807) is 17.0 Å². The molecule has 0 bridgehead atoms. The first-order valence-corrected chi connectivity index (χ1v) is 9.11. The van der Waals surface area contributed by atoms with Crippen molar-refractivity contribution in [3.63, 3.8) is 0 Å².